The first-order valence-electron chi connectivity index (χ1n) is 14.1. The zero-order chi connectivity index (χ0) is 27.6. The van der Waals surface area contributed by atoms with Gasteiger partial charge in [-0.25, -0.2) is 9.97 Å². The molecule has 0 unspecified atom stereocenters. The first-order valence-corrected chi connectivity index (χ1v) is 14.9. The van der Waals surface area contributed by atoms with Gasteiger partial charge >= 0.3 is 0 Å². The van der Waals surface area contributed by atoms with Crippen LogP contribution in [0.2, 0.25) is 0 Å². The zero-order valence-corrected chi connectivity index (χ0v) is 23.3. The summed E-state index contributed by atoms with van der Waals surface area (Å²) in [7, 11) is 0. The van der Waals surface area contributed by atoms with Crippen molar-refractivity contribution in [3.63, 3.8) is 0 Å². The van der Waals surface area contributed by atoms with Crippen molar-refractivity contribution in [1.82, 2.24) is 14.5 Å². The van der Waals surface area contributed by atoms with Crippen molar-refractivity contribution in [1.29, 1.82) is 0 Å². The predicted molar refractivity (Wildman–Crippen MR) is 178 cm³/mol. The predicted octanol–water partition coefficient (Wildman–Crippen LogP) is 10.4. The van der Waals surface area contributed by atoms with E-state index < -0.39 is 0 Å². The van der Waals surface area contributed by atoms with E-state index in [2.05, 4.69) is 132 Å². The number of hydrogen-bond acceptors (Lipinski definition) is 3. The second kappa shape index (κ2) is 9.10. The lowest BCUT2D eigenvalue weighted by molar-refractivity contribution is 1.10. The molecular formula is C38H23N3S. The summed E-state index contributed by atoms with van der Waals surface area (Å²) in [6.45, 7) is 0. The maximum Gasteiger partial charge on any atom is 0.145 e. The third kappa shape index (κ3) is 3.46. The topological polar surface area (TPSA) is 30.7 Å². The number of nitrogens with zero attached hydrogens (tertiary/aromatic N) is 3. The van der Waals surface area contributed by atoms with E-state index >= 15 is 0 Å². The Bertz CT molecular complexity index is 2470. The number of rotatable bonds is 3. The normalized spacial score (nSPS) is 11.8. The molecule has 0 aliphatic rings. The molecule has 9 aromatic rings. The molecule has 0 spiro atoms. The molecule has 3 nitrogen and oxygen atoms in total. The van der Waals surface area contributed by atoms with Gasteiger partial charge in [0.1, 0.15) is 5.82 Å². The molecule has 42 heavy (non-hydrogen) atoms. The van der Waals surface area contributed by atoms with Crippen LogP contribution in [0.25, 0.3) is 81.2 Å². The van der Waals surface area contributed by atoms with Gasteiger partial charge in [-0.2, -0.15) is 0 Å². The van der Waals surface area contributed by atoms with Crippen molar-refractivity contribution >= 4 is 64.2 Å². The molecule has 3 heterocycles. The van der Waals surface area contributed by atoms with Crippen LogP contribution in [0.15, 0.2) is 140 Å². The number of benzene rings is 6. The fourth-order valence-electron chi connectivity index (χ4n) is 6.30. The number of fused-ring (bicyclic) bond motifs is 8. The van der Waals surface area contributed by atoms with Crippen molar-refractivity contribution < 1.29 is 0 Å². The Morgan fingerprint density at radius 2 is 1.21 bits per heavy atom. The molecule has 4 heteroatoms. The van der Waals surface area contributed by atoms with E-state index in [9.17, 15) is 0 Å². The average Bonchev–Trinajstić information content (AvgIpc) is 3.64. The summed E-state index contributed by atoms with van der Waals surface area (Å²) in [5, 5.41) is 6.25. The van der Waals surface area contributed by atoms with Crippen LogP contribution in [0.5, 0.6) is 0 Å². The Kier molecular flexibility index (Phi) is 5.07. The molecule has 0 N–H and O–H groups in total. The number of pyridine rings is 1. The fourth-order valence-corrected chi connectivity index (χ4v) is 7.56. The van der Waals surface area contributed by atoms with E-state index in [0.717, 1.165) is 44.9 Å². The van der Waals surface area contributed by atoms with Gasteiger partial charge in [0, 0.05) is 53.1 Å². The van der Waals surface area contributed by atoms with Gasteiger partial charge in [-0.1, -0.05) is 103 Å². The number of para-hydroxylation sites is 3. The van der Waals surface area contributed by atoms with Crippen molar-refractivity contribution in [2.75, 3.05) is 0 Å². The minimum Gasteiger partial charge on any atom is -0.292 e. The number of hydrogen-bond donors (Lipinski definition) is 0. The molecule has 0 saturated heterocycles. The molecule has 0 fully saturated rings. The SMILES string of the molecule is c1ccc(-c2nc3ccccc3n2-c2cccc(-c3nc4ccccc4c4c3ccc3c5ccccc5sc34)c2)cc1. The summed E-state index contributed by atoms with van der Waals surface area (Å²) in [5.74, 6) is 0.928. The first kappa shape index (κ1) is 23.4. The van der Waals surface area contributed by atoms with Crippen LogP contribution in [0.4, 0.5) is 0 Å². The maximum atomic E-state index is 5.28. The lowest BCUT2D eigenvalue weighted by Crippen LogP contribution is -1.98. The van der Waals surface area contributed by atoms with Gasteiger partial charge in [-0.3, -0.25) is 4.57 Å². The van der Waals surface area contributed by atoms with Crippen molar-refractivity contribution in [3.05, 3.63) is 140 Å². The highest BCUT2D eigenvalue weighted by molar-refractivity contribution is 7.26. The molecule has 196 valence electrons. The molecule has 9 rings (SSSR count). The van der Waals surface area contributed by atoms with E-state index in [0.29, 0.717) is 0 Å². The Hall–Kier alpha value is -5.32. The van der Waals surface area contributed by atoms with Crippen molar-refractivity contribution in [2.45, 2.75) is 0 Å². The summed E-state index contributed by atoms with van der Waals surface area (Å²) in [6.07, 6.45) is 0. The number of aromatic nitrogens is 3. The zero-order valence-electron chi connectivity index (χ0n) is 22.5. The standard InChI is InChI=1S/C38H23N3S/c1-2-11-24(12-3-1)38-40-32-18-7-8-19-33(32)41(38)26-14-10-13-25(23-26)36-30-22-21-28-27-15-5-9-20-34(27)42-37(28)35(30)29-16-4-6-17-31(29)39-36/h1-23H. The number of imidazole rings is 1. The Morgan fingerprint density at radius 1 is 0.500 bits per heavy atom. The van der Waals surface area contributed by atoms with Crippen LogP contribution in [-0.4, -0.2) is 14.5 Å². The Morgan fingerprint density at radius 3 is 2.12 bits per heavy atom. The largest absolute Gasteiger partial charge is 0.292 e. The first-order chi connectivity index (χ1) is 20.8. The van der Waals surface area contributed by atoms with Crippen LogP contribution in [0, 0.1) is 0 Å². The highest BCUT2D eigenvalue weighted by atomic mass is 32.1. The van der Waals surface area contributed by atoms with Gasteiger partial charge in [-0.05, 0) is 36.4 Å². The second-order valence-corrected chi connectivity index (χ2v) is 11.7. The van der Waals surface area contributed by atoms with Crippen LogP contribution >= 0.6 is 11.3 Å². The molecule has 0 radical (unpaired) electrons. The van der Waals surface area contributed by atoms with Crippen LogP contribution in [0.3, 0.4) is 0 Å². The summed E-state index contributed by atoms with van der Waals surface area (Å²) in [4.78, 5) is 10.3. The smallest absolute Gasteiger partial charge is 0.145 e. The Labute approximate surface area is 246 Å². The highest BCUT2D eigenvalue weighted by Gasteiger charge is 2.18. The molecule has 0 atom stereocenters. The van der Waals surface area contributed by atoms with Crippen LogP contribution in [-0.2, 0) is 0 Å². The van der Waals surface area contributed by atoms with Gasteiger partial charge in [0.2, 0.25) is 0 Å². The van der Waals surface area contributed by atoms with Crippen molar-refractivity contribution in [3.8, 4) is 28.3 Å². The second-order valence-electron chi connectivity index (χ2n) is 10.6. The lowest BCUT2D eigenvalue weighted by Gasteiger charge is -2.14. The summed E-state index contributed by atoms with van der Waals surface area (Å²) < 4.78 is 4.89. The third-order valence-corrected chi connectivity index (χ3v) is 9.38. The molecule has 3 aromatic heterocycles. The molecule has 6 aromatic carbocycles. The van der Waals surface area contributed by atoms with E-state index in [4.69, 9.17) is 9.97 Å². The van der Waals surface area contributed by atoms with Crippen LogP contribution in [0.1, 0.15) is 0 Å². The molecule has 0 aliphatic carbocycles. The molecule has 0 amide bonds. The Balaban J connectivity index is 1.34. The van der Waals surface area contributed by atoms with E-state index in [1.54, 1.807) is 0 Å². The minimum atomic E-state index is 0.928. The lowest BCUT2D eigenvalue weighted by atomic mass is 9.98. The highest BCUT2D eigenvalue weighted by Crippen LogP contribution is 2.43. The molecular weight excluding hydrogens is 531 g/mol. The van der Waals surface area contributed by atoms with E-state index in [1.165, 1.54) is 36.3 Å². The van der Waals surface area contributed by atoms with Gasteiger partial charge in [0.15, 0.2) is 0 Å². The monoisotopic (exact) mass is 553 g/mol. The number of thiophene rings is 1. The maximum absolute atomic E-state index is 5.28. The van der Waals surface area contributed by atoms with E-state index in [-0.39, 0.29) is 0 Å². The minimum absolute atomic E-state index is 0.928. The van der Waals surface area contributed by atoms with E-state index in [1.807, 2.05) is 23.5 Å². The summed E-state index contributed by atoms with van der Waals surface area (Å²) in [5.41, 5.74) is 7.29. The van der Waals surface area contributed by atoms with Crippen LogP contribution < -0.4 is 0 Å². The third-order valence-electron chi connectivity index (χ3n) is 8.18. The summed E-state index contributed by atoms with van der Waals surface area (Å²) >= 11 is 1.87. The molecule has 0 aliphatic heterocycles. The van der Waals surface area contributed by atoms with Gasteiger partial charge in [0.25, 0.3) is 0 Å². The quantitative estimate of drug-likeness (QED) is 0.204. The van der Waals surface area contributed by atoms with Gasteiger partial charge in [-0.15, -0.1) is 11.3 Å². The van der Waals surface area contributed by atoms with Crippen molar-refractivity contribution in [2.24, 2.45) is 0 Å². The molecule has 0 saturated carbocycles. The van der Waals surface area contributed by atoms with Gasteiger partial charge < -0.3 is 0 Å². The molecule has 0 bridgehead atoms. The van der Waals surface area contributed by atoms with Gasteiger partial charge in [0.05, 0.1) is 22.2 Å². The fraction of sp³-hybridized carbons (Fsp3) is 0. The average molecular weight is 554 g/mol. The summed E-state index contributed by atoms with van der Waals surface area (Å²) in [6, 6.07) is 49.3.